The molecule has 0 atom stereocenters. The molecule has 0 radical (unpaired) electrons. The van der Waals surface area contributed by atoms with Gasteiger partial charge in [0.05, 0.1) is 21.8 Å². The van der Waals surface area contributed by atoms with Crippen molar-refractivity contribution in [3.8, 4) is 11.5 Å². The summed E-state index contributed by atoms with van der Waals surface area (Å²) >= 11 is 0. The zero-order valence-electron chi connectivity index (χ0n) is 18.0. The minimum absolute atomic E-state index is 0.0385. The number of carbonyl (C=O) groups is 1. The summed E-state index contributed by atoms with van der Waals surface area (Å²) in [5.74, 6) is -2.47. The summed E-state index contributed by atoms with van der Waals surface area (Å²) in [6.07, 6.45) is -4.19. The molecule has 0 saturated heterocycles. The highest BCUT2D eigenvalue weighted by molar-refractivity contribution is 7.91. The van der Waals surface area contributed by atoms with Crippen LogP contribution in [0.3, 0.4) is 0 Å². The number of benzene rings is 3. The smallest absolute Gasteiger partial charge is 0.420 e. The van der Waals surface area contributed by atoms with Gasteiger partial charge in [0, 0.05) is 17.1 Å². The molecule has 0 saturated carbocycles. The van der Waals surface area contributed by atoms with Gasteiger partial charge in [0.25, 0.3) is 0 Å². The average molecular weight is 507 g/mol. The lowest BCUT2D eigenvalue weighted by Crippen LogP contribution is -2.11. The van der Waals surface area contributed by atoms with Crippen molar-refractivity contribution >= 4 is 26.7 Å². The van der Waals surface area contributed by atoms with E-state index in [9.17, 15) is 30.8 Å². The normalized spacial score (nSPS) is 12.1. The maximum atomic E-state index is 13.7. The molecule has 0 fully saturated rings. The Hall–Kier alpha value is -3.86. The molecule has 0 spiro atoms. The number of sulfone groups is 1. The SMILES string of the molecule is Cc1cc(CC(=O)O)cc(C(F)(F)F)c1Oc1ccc2[nH]cc(S(=O)(=O)c3ccc(F)cc3)c2c1. The van der Waals surface area contributed by atoms with Crippen molar-refractivity contribution in [3.63, 3.8) is 0 Å². The molecule has 0 amide bonds. The fourth-order valence-corrected chi connectivity index (χ4v) is 5.11. The van der Waals surface area contributed by atoms with Crippen LogP contribution in [0.2, 0.25) is 0 Å². The second-order valence-corrected chi connectivity index (χ2v) is 9.70. The molecule has 0 aliphatic heterocycles. The standard InChI is InChI=1S/C24H17F4NO5S/c1-13-8-14(10-22(30)31)9-19(24(26,27)28)23(13)34-16-4-7-20-18(11-16)21(12-29-20)35(32,33)17-5-2-15(25)3-6-17/h2-9,11-12,29H,10H2,1H3,(H,30,31). The van der Waals surface area contributed by atoms with Crippen LogP contribution in [0, 0.1) is 12.7 Å². The largest absolute Gasteiger partial charge is 0.481 e. The van der Waals surface area contributed by atoms with Gasteiger partial charge in [-0.25, -0.2) is 12.8 Å². The third-order valence-corrected chi connectivity index (χ3v) is 7.05. The number of aryl methyl sites for hydroxylation is 1. The Bertz CT molecular complexity index is 1540. The number of hydrogen-bond donors (Lipinski definition) is 2. The predicted molar refractivity (Wildman–Crippen MR) is 118 cm³/mol. The Balaban J connectivity index is 1.79. The number of alkyl halides is 3. The van der Waals surface area contributed by atoms with Crippen LogP contribution in [0.1, 0.15) is 16.7 Å². The highest BCUT2D eigenvalue weighted by Crippen LogP contribution is 2.42. The van der Waals surface area contributed by atoms with Crippen molar-refractivity contribution in [1.82, 2.24) is 4.98 Å². The summed E-state index contributed by atoms with van der Waals surface area (Å²) in [5.41, 5.74) is -0.738. The molecule has 11 heteroatoms. The van der Waals surface area contributed by atoms with E-state index >= 15 is 0 Å². The molecule has 0 aliphatic rings. The van der Waals surface area contributed by atoms with Crippen molar-refractivity contribution in [3.05, 3.63) is 83.3 Å². The summed E-state index contributed by atoms with van der Waals surface area (Å²) in [6.45, 7) is 1.36. The van der Waals surface area contributed by atoms with E-state index in [-0.39, 0.29) is 32.1 Å². The molecular weight excluding hydrogens is 490 g/mol. The van der Waals surface area contributed by atoms with Gasteiger partial charge in [-0.1, -0.05) is 6.07 Å². The van der Waals surface area contributed by atoms with Crippen molar-refractivity contribution < 1.29 is 40.6 Å². The van der Waals surface area contributed by atoms with Gasteiger partial charge in [-0.15, -0.1) is 0 Å². The third-order valence-electron chi connectivity index (χ3n) is 5.24. The lowest BCUT2D eigenvalue weighted by atomic mass is 10.0. The minimum Gasteiger partial charge on any atom is -0.481 e. The van der Waals surface area contributed by atoms with Gasteiger partial charge in [0.2, 0.25) is 9.84 Å². The fraction of sp³-hybridized carbons (Fsp3) is 0.125. The number of hydrogen-bond acceptors (Lipinski definition) is 4. The van der Waals surface area contributed by atoms with Crippen LogP contribution < -0.4 is 4.74 Å². The van der Waals surface area contributed by atoms with Crippen LogP contribution in [-0.4, -0.2) is 24.5 Å². The number of aromatic nitrogens is 1. The molecule has 4 aromatic rings. The second-order valence-electron chi connectivity index (χ2n) is 7.78. The van der Waals surface area contributed by atoms with Crippen LogP contribution in [0.15, 0.2) is 70.6 Å². The Kier molecular flexibility index (Phi) is 6.05. The van der Waals surface area contributed by atoms with Gasteiger partial charge in [-0.05, 0) is 66.6 Å². The number of rotatable bonds is 6. The number of nitrogens with one attached hydrogen (secondary N) is 1. The fourth-order valence-electron chi connectivity index (χ4n) is 3.69. The van der Waals surface area contributed by atoms with Crippen LogP contribution in [-0.2, 0) is 27.2 Å². The molecule has 1 aromatic heterocycles. The molecule has 0 bridgehead atoms. The highest BCUT2D eigenvalue weighted by atomic mass is 32.2. The Morgan fingerprint density at radius 1 is 1.06 bits per heavy atom. The van der Waals surface area contributed by atoms with E-state index in [2.05, 4.69) is 4.98 Å². The van der Waals surface area contributed by atoms with Crippen LogP contribution in [0.25, 0.3) is 10.9 Å². The highest BCUT2D eigenvalue weighted by Gasteiger charge is 2.36. The molecule has 0 unspecified atom stereocenters. The van der Waals surface area contributed by atoms with Crippen LogP contribution >= 0.6 is 0 Å². The third kappa shape index (κ3) is 4.85. The number of ether oxygens (including phenoxy) is 1. The summed E-state index contributed by atoms with van der Waals surface area (Å²) in [4.78, 5) is 13.4. The van der Waals surface area contributed by atoms with Crippen molar-refractivity contribution in [2.75, 3.05) is 0 Å². The van der Waals surface area contributed by atoms with Crippen molar-refractivity contribution in [1.29, 1.82) is 0 Å². The van der Waals surface area contributed by atoms with Crippen molar-refractivity contribution in [2.24, 2.45) is 0 Å². The summed E-state index contributed by atoms with van der Waals surface area (Å²) in [6, 6.07) is 10.4. The van der Waals surface area contributed by atoms with Gasteiger partial charge in [0.1, 0.15) is 17.3 Å². The molecule has 35 heavy (non-hydrogen) atoms. The first-order chi connectivity index (χ1) is 16.4. The van der Waals surface area contributed by atoms with Gasteiger partial charge >= 0.3 is 12.1 Å². The maximum absolute atomic E-state index is 13.7. The van der Waals surface area contributed by atoms with E-state index in [0.29, 0.717) is 5.52 Å². The molecule has 3 aromatic carbocycles. The first-order valence-electron chi connectivity index (χ1n) is 10.1. The average Bonchev–Trinajstić information content (AvgIpc) is 3.18. The molecule has 2 N–H and O–H groups in total. The maximum Gasteiger partial charge on any atom is 0.420 e. The van der Waals surface area contributed by atoms with E-state index in [1.54, 1.807) is 0 Å². The Labute approximate surface area is 196 Å². The van der Waals surface area contributed by atoms with E-state index in [1.807, 2.05) is 0 Å². The summed E-state index contributed by atoms with van der Waals surface area (Å²) in [7, 11) is -4.07. The monoisotopic (exact) mass is 507 g/mol. The molecular formula is C24H17F4NO5S. The van der Waals surface area contributed by atoms with E-state index in [0.717, 1.165) is 30.3 Å². The van der Waals surface area contributed by atoms with Gasteiger partial charge in [-0.3, -0.25) is 4.79 Å². The van der Waals surface area contributed by atoms with E-state index < -0.39 is 45.5 Å². The zero-order valence-corrected chi connectivity index (χ0v) is 18.8. The summed E-state index contributed by atoms with van der Waals surface area (Å²) < 4.78 is 86.2. The van der Waals surface area contributed by atoms with E-state index in [1.165, 1.54) is 37.4 Å². The first-order valence-corrected chi connectivity index (χ1v) is 11.6. The van der Waals surface area contributed by atoms with Crippen LogP contribution in [0.5, 0.6) is 11.5 Å². The van der Waals surface area contributed by atoms with Crippen LogP contribution in [0.4, 0.5) is 17.6 Å². The zero-order chi connectivity index (χ0) is 25.5. The Morgan fingerprint density at radius 3 is 2.37 bits per heavy atom. The number of aromatic amines is 1. The number of halogens is 4. The predicted octanol–water partition coefficient (Wildman–Crippen LogP) is 5.89. The number of H-pyrrole nitrogens is 1. The number of aliphatic carboxylic acids is 1. The van der Waals surface area contributed by atoms with Crippen molar-refractivity contribution in [2.45, 2.75) is 29.3 Å². The van der Waals surface area contributed by atoms with E-state index in [4.69, 9.17) is 9.84 Å². The van der Waals surface area contributed by atoms with Gasteiger partial charge in [-0.2, -0.15) is 13.2 Å². The lowest BCUT2D eigenvalue weighted by Gasteiger charge is -2.17. The molecule has 182 valence electrons. The number of carboxylic acid groups (broad SMARTS) is 1. The van der Waals surface area contributed by atoms with Gasteiger partial charge < -0.3 is 14.8 Å². The second kappa shape index (κ2) is 8.73. The number of carboxylic acids is 1. The Morgan fingerprint density at radius 2 is 1.74 bits per heavy atom. The first kappa shape index (κ1) is 24.3. The molecule has 0 aliphatic carbocycles. The minimum atomic E-state index is -4.83. The lowest BCUT2D eigenvalue weighted by molar-refractivity contribution is -0.139. The quantitative estimate of drug-likeness (QED) is 0.251. The molecule has 6 nitrogen and oxygen atoms in total. The molecule has 4 rings (SSSR count). The molecule has 1 heterocycles. The summed E-state index contributed by atoms with van der Waals surface area (Å²) in [5, 5.41) is 9.11. The van der Waals surface area contributed by atoms with Gasteiger partial charge in [0.15, 0.2) is 0 Å². The topological polar surface area (TPSA) is 96.5 Å². The number of fused-ring (bicyclic) bond motifs is 1.